The molecule has 0 amide bonds. The maximum absolute atomic E-state index is 9.07. The quantitative estimate of drug-likeness (QED) is 0.519. The summed E-state index contributed by atoms with van der Waals surface area (Å²) in [5.74, 6) is 0. The van der Waals surface area contributed by atoms with Gasteiger partial charge in [-0.05, 0) is 12.8 Å². The van der Waals surface area contributed by atoms with Crippen molar-refractivity contribution >= 4 is 0 Å². The van der Waals surface area contributed by atoms with E-state index in [4.69, 9.17) is 10.8 Å². The Kier molecular flexibility index (Phi) is 1.27. The van der Waals surface area contributed by atoms with Gasteiger partial charge in [0.05, 0.1) is 12.3 Å². The number of aromatic amines is 1. The van der Waals surface area contributed by atoms with Crippen LogP contribution in [0.1, 0.15) is 18.4 Å². The third-order valence-electron chi connectivity index (χ3n) is 2.27. The topological polar surface area (TPSA) is 74.9 Å². The first-order valence-corrected chi connectivity index (χ1v) is 3.67. The molecule has 1 aliphatic carbocycles. The summed E-state index contributed by atoms with van der Waals surface area (Å²) < 4.78 is 0. The second-order valence-electron chi connectivity index (χ2n) is 3.21. The van der Waals surface area contributed by atoms with Gasteiger partial charge in [-0.25, -0.2) is 0 Å². The molecule has 2 rings (SSSR count). The summed E-state index contributed by atoms with van der Waals surface area (Å²) in [7, 11) is 0. The first kappa shape index (κ1) is 6.82. The number of aliphatic hydroxyl groups excluding tert-OH is 1. The van der Waals surface area contributed by atoms with Crippen LogP contribution in [0.15, 0.2) is 12.4 Å². The highest BCUT2D eigenvalue weighted by atomic mass is 16.3. The molecule has 11 heavy (non-hydrogen) atoms. The van der Waals surface area contributed by atoms with Gasteiger partial charge < -0.3 is 10.8 Å². The number of aromatic nitrogens is 2. The fourth-order valence-electron chi connectivity index (χ4n) is 1.54. The molecule has 1 saturated carbocycles. The zero-order valence-electron chi connectivity index (χ0n) is 6.12. The summed E-state index contributed by atoms with van der Waals surface area (Å²) in [6.07, 6.45) is 4.56. The molecule has 0 spiro atoms. The summed E-state index contributed by atoms with van der Waals surface area (Å²) in [6.45, 7) is 0. The Balaban J connectivity index is 2.18. The summed E-state index contributed by atoms with van der Waals surface area (Å²) in [4.78, 5) is 0. The normalized spacial score (nSPS) is 36.7. The second-order valence-corrected chi connectivity index (χ2v) is 3.21. The highest BCUT2D eigenvalue weighted by molar-refractivity contribution is 5.21. The van der Waals surface area contributed by atoms with Gasteiger partial charge in [0.25, 0.3) is 0 Å². The van der Waals surface area contributed by atoms with E-state index in [1.165, 1.54) is 0 Å². The fourth-order valence-corrected chi connectivity index (χ4v) is 1.54. The Labute approximate surface area is 64.4 Å². The number of nitrogens with zero attached hydrogens (tertiary/aromatic N) is 1. The van der Waals surface area contributed by atoms with Crippen molar-refractivity contribution < 1.29 is 5.11 Å². The minimum absolute atomic E-state index is 0.227. The van der Waals surface area contributed by atoms with Crippen LogP contribution < -0.4 is 5.73 Å². The van der Waals surface area contributed by atoms with E-state index in [-0.39, 0.29) is 11.6 Å². The van der Waals surface area contributed by atoms with Crippen molar-refractivity contribution in [3.05, 3.63) is 18.0 Å². The molecule has 4 N–H and O–H groups in total. The molecule has 0 aliphatic heterocycles. The first-order valence-electron chi connectivity index (χ1n) is 3.67. The third kappa shape index (κ3) is 0.948. The van der Waals surface area contributed by atoms with Crippen molar-refractivity contribution in [3.63, 3.8) is 0 Å². The number of nitrogens with one attached hydrogen (secondary N) is 1. The lowest BCUT2D eigenvalue weighted by Crippen LogP contribution is -2.51. The third-order valence-corrected chi connectivity index (χ3v) is 2.27. The Hall–Kier alpha value is -0.870. The molecule has 0 atom stereocenters. The van der Waals surface area contributed by atoms with Crippen LogP contribution >= 0.6 is 0 Å². The molecule has 1 aromatic heterocycles. The van der Waals surface area contributed by atoms with Gasteiger partial charge in [0, 0.05) is 17.3 Å². The van der Waals surface area contributed by atoms with Gasteiger partial charge in [0.15, 0.2) is 0 Å². The molecule has 1 heterocycles. The van der Waals surface area contributed by atoms with Crippen molar-refractivity contribution in [2.75, 3.05) is 0 Å². The molecule has 0 saturated heterocycles. The van der Waals surface area contributed by atoms with Crippen LogP contribution in [0.25, 0.3) is 0 Å². The molecule has 4 heteroatoms. The molecule has 0 radical (unpaired) electrons. The summed E-state index contributed by atoms with van der Waals surface area (Å²) in [6, 6.07) is 0. The molecule has 1 fully saturated rings. The molecule has 1 aromatic rings. The van der Waals surface area contributed by atoms with E-state index < -0.39 is 0 Å². The molecule has 0 aromatic carbocycles. The molecule has 0 bridgehead atoms. The summed E-state index contributed by atoms with van der Waals surface area (Å²) in [5.41, 5.74) is 6.60. The summed E-state index contributed by atoms with van der Waals surface area (Å²) in [5, 5.41) is 15.6. The second kappa shape index (κ2) is 2.06. The maximum atomic E-state index is 9.07. The average molecular weight is 153 g/mol. The van der Waals surface area contributed by atoms with Gasteiger partial charge in [-0.3, -0.25) is 5.10 Å². The molecule has 4 nitrogen and oxygen atoms in total. The smallest absolute Gasteiger partial charge is 0.0582 e. The van der Waals surface area contributed by atoms with Crippen LogP contribution in [0.2, 0.25) is 0 Å². The molecule has 1 aliphatic rings. The van der Waals surface area contributed by atoms with Gasteiger partial charge in [-0.1, -0.05) is 0 Å². The van der Waals surface area contributed by atoms with E-state index in [1.54, 1.807) is 12.4 Å². The molecule has 0 unspecified atom stereocenters. The summed E-state index contributed by atoms with van der Waals surface area (Å²) >= 11 is 0. The Morgan fingerprint density at radius 3 is 2.91 bits per heavy atom. The SMILES string of the molecule is NC1(c2cn[nH]c2)CC(O)C1. The lowest BCUT2D eigenvalue weighted by Gasteiger charge is -2.41. The first-order chi connectivity index (χ1) is 5.21. The zero-order chi connectivity index (χ0) is 7.90. The molecular weight excluding hydrogens is 142 g/mol. The van der Waals surface area contributed by atoms with E-state index in [2.05, 4.69) is 10.2 Å². The monoisotopic (exact) mass is 153 g/mol. The minimum atomic E-state index is -0.327. The number of aliphatic hydroxyl groups is 1. The van der Waals surface area contributed by atoms with Crippen LogP contribution in [0, 0.1) is 0 Å². The Morgan fingerprint density at radius 1 is 1.73 bits per heavy atom. The maximum Gasteiger partial charge on any atom is 0.0582 e. The van der Waals surface area contributed by atoms with Crippen molar-refractivity contribution in [1.82, 2.24) is 10.2 Å². The standard InChI is InChI=1S/C7H11N3O/c8-7(1-6(11)2-7)5-3-9-10-4-5/h3-4,6,11H,1-2,8H2,(H,9,10). The average Bonchev–Trinajstić information content (AvgIpc) is 2.34. The lowest BCUT2D eigenvalue weighted by atomic mass is 9.72. The highest BCUT2D eigenvalue weighted by Gasteiger charge is 2.41. The van der Waals surface area contributed by atoms with Crippen molar-refractivity contribution in [2.24, 2.45) is 5.73 Å². The van der Waals surface area contributed by atoms with E-state index in [0.717, 1.165) is 5.56 Å². The van der Waals surface area contributed by atoms with E-state index in [0.29, 0.717) is 12.8 Å². The van der Waals surface area contributed by atoms with Gasteiger partial charge in [0.1, 0.15) is 0 Å². The van der Waals surface area contributed by atoms with Gasteiger partial charge in [-0.2, -0.15) is 5.10 Å². The zero-order valence-corrected chi connectivity index (χ0v) is 6.12. The number of H-pyrrole nitrogens is 1. The Morgan fingerprint density at radius 2 is 2.45 bits per heavy atom. The number of rotatable bonds is 1. The predicted molar refractivity (Wildman–Crippen MR) is 39.7 cm³/mol. The van der Waals surface area contributed by atoms with Crippen LogP contribution in [0.4, 0.5) is 0 Å². The van der Waals surface area contributed by atoms with Gasteiger partial charge >= 0.3 is 0 Å². The van der Waals surface area contributed by atoms with Crippen molar-refractivity contribution in [3.8, 4) is 0 Å². The highest BCUT2D eigenvalue weighted by Crippen LogP contribution is 2.38. The Bertz CT molecular complexity index is 238. The van der Waals surface area contributed by atoms with Gasteiger partial charge in [0.2, 0.25) is 0 Å². The van der Waals surface area contributed by atoms with Gasteiger partial charge in [-0.15, -0.1) is 0 Å². The number of hydrogen-bond donors (Lipinski definition) is 3. The van der Waals surface area contributed by atoms with Crippen molar-refractivity contribution in [1.29, 1.82) is 0 Å². The predicted octanol–water partition coefficient (Wildman–Crippen LogP) is -0.282. The van der Waals surface area contributed by atoms with E-state index in [9.17, 15) is 0 Å². The fraction of sp³-hybridized carbons (Fsp3) is 0.571. The van der Waals surface area contributed by atoms with Crippen LogP contribution in [-0.2, 0) is 5.54 Å². The van der Waals surface area contributed by atoms with Crippen LogP contribution in [0.5, 0.6) is 0 Å². The van der Waals surface area contributed by atoms with E-state index in [1.807, 2.05) is 0 Å². The van der Waals surface area contributed by atoms with Crippen LogP contribution in [-0.4, -0.2) is 21.4 Å². The largest absolute Gasteiger partial charge is 0.393 e. The molecular formula is C7H11N3O. The minimum Gasteiger partial charge on any atom is -0.393 e. The number of hydrogen-bond acceptors (Lipinski definition) is 3. The molecule has 60 valence electrons. The number of nitrogens with two attached hydrogens (primary N) is 1. The van der Waals surface area contributed by atoms with Crippen LogP contribution in [0.3, 0.4) is 0 Å². The van der Waals surface area contributed by atoms with Crippen molar-refractivity contribution in [2.45, 2.75) is 24.5 Å². The lowest BCUT2D eigenvalue weighted by molar-refractivity contribution is 0.0210. The van der Waals surface area contributed by atoms with E-state index >= 15 is 0 Å².